The van der Waals surface area contributed by atoms with Gasteiger partial charge in [0.1, 0.15) is 5.82 Å². The molecule has 0 amide bonds. The van der Waals surface area contributed by atoms with Crippen LogP contribution >= 0.6 is 0 Å². The predicted octanol–water partition coefficient (Wildman–Crippen LogP) is 6.22. The number of aromatic nitrogens is 1. The van der Waals surface area contributed by atoms with Gasteiger partial charge in [-0.15, -0.1) is 0 Å². The first-order chi connectivity index (χ1) is 17.2. The van der Waals surface area contributed by atoms with E-state index in [9.17, 15) is 14.3 Å². The van der Waals surface area contributed by atoms with E-state index in [1.807, 2.05) is 48.5 Å². The number of hydrogen-bond donors (Lipinski definition) is 1. The fourth-order valence-electron chi connectivity index (χ4n) is 5.32. The summed E-state index contributed by atoms with van der Waals surface area (Å²) >= 11 is 0. The minimum atomic E-state index is -2.26. The zero-order valence-corrected chi connectivity index (χ0v) is 20.3. The Morgan fingerprint density at radius 1 is 1.03 bits per heavy atom. The van der Waals surface area contributed by atoms with E-state index >= 15 is 4.39 Å². The maximum absolute atomic E-state index is 15.5. The van der Waals surface area contributed by atoms with Gasteiger partial charge in [-0.25, -0.2) is 8.78 Å². The lowest BCUT2D eigenvalue weighted by molar-refractivity contribution is -0.117. The van der Waals surface area contributed by atoms with E-state index in [-0.39, 0.29) is 11.8 Å². The molecule has 6 heteroatoms. The molecule has 3 aromatic carbocycles. The third-order valence-corrected chi connectivity index (χ3v) is 7.26. The fourth-order valence-corrected chi connectivity index (χ4v) is 5.32. The van der Waals surface area contributed by atoms with Gasteiger partial charge in [-0.2, -0.15) is 0 Å². The lowest BCUT2D eigenvalue weighted by Gasteiger charge is -2.39. The van der Waals surface area contributed by atoms with Crippen molar-refractivity contribution >= 4 is 22.9 Å². The van der Waals surface area contributed by atoms with Crippen LogP contribution in [-0.2, 0) is 16.1 Å². The number of alkyl halides is 1. The van der Waals surface area contributed by atoms with E-state index in [2.05, 4.69) is 9.88 Å². The van der Waals surface area contributed by atoms with Crippen LogP contribution in [0.15, 0.2) is 72.8 Å². The second-order valence-electron chi connectivity index (χ2n) is 9.73. The second kappa shape index (κ2) is 9.10. The maximum atomic E-state index is 15.5. The lowest BCUT2D eigenvalue weighted by atomic mass is 9.84. The Labute approximate surface area is 209 Å². The first-order valence-electron chi connectivity index (χ1n) is 12.1. The first kappa shape index (κ1) is 24.1. The van der Waals surface area contributed by atoms with Gasteiger partial charge in [-0.05, 0) is 73.7 Å². The topological polar surface area (TPSA) is 53.4 Å². The van der Waals surface area contributed by atoms with Gasteiger partial charge in [0, 0.05) is 35.4 Å². The SMILES string of the molecule is Cc1nc2ccc(N3CCC(O)(c4ccccc4)CC3)cc2c(-c2ccc(F)cc2)c1C(C)(F)C=O. The Hall–Kier alpha value is -3.64. The van der Waals surface area contributed by atoms with E-state index < -0.39 is 17.1 Å². The summed E-state index contributed by atoms with van der Waals surface area (Å²) in [6.07, 6.45) is 1.44. The first-order valence-corrected chi connectivity index (χ1v) is 12.1. The van der Waals surface area contributed by atoms with Gasteiger partial charge in [0.25, 0.3) is 0 Å². The predicted molar refractivity (Wildman–Crippen MR) is 138 cm³/mol. The van der Waals surface area contributed by atoms with Crippen LogP contribution in [0.25, 0.3) is 22.0 Å². The van der Waals surface area contributed by atoms with Crippen LogP contribution in [0.1, 0.15) is 36.6 Å². The van der Waals surface area contributed by atoms with Gasteiger partial charge >= 0.3 is 0 Å². The van der Waals surface area contributed by atoms with E-state index in [4.69, 9.17) is 0 Å². The average molecular weight is 487 g/mol. The molecule has 1 aliphatic rings. The summed E-state index contributed by atoms with van der Waals surface area (Å²) in [5, 5.41) is 11.9. The highest BCUT2D eigenvalue weighted by Gasteiger charge is 2.35. The molecule has 0 spiro atoms. The molecule has 0 radical (unpaired) electrons. The molecule has 0 saturated carbocycles. The standard InChI is InChI=1S/C30H28F2N2O2/c1-20-28(29(2,32)19-35)27(21-8-10-23(31)11-9-21)25-18-24(12-13-26(25)33-20)34-16-14-30(36,15-17-34)22-6-4-3-5-7-22/h3-13,18-19,36H,14-17H2,1-2H3. The average Bonchev–Trinajstić information content (AvgIpc) is 2.89. The number of aldehydes is 1. The van der Waals surface area contributed by atoms with E-state index in [0.29, 0.717) is 53.7 Å². The van der Waals surface area contributed by atoms with Crippen LogP contribution in [0.2, 0.25) is 0 Å². The number of anilines is 1. The summed E-state index contributed by atoms with van der Waals surface area (Å²) in [5.74, 6) is -0.395. The number of pyridine rings is 1. The number of aliphatic hydroxyl groups is 1. The number of aryl methyl sites for hydroxylation is 1. The summed E-state index contributed by atoms with van der Waals surface area (Å²) in [7, 11) is 0. The van der Waals surface area contributed by atoms with E-state index in [1.54, 1.807) is 19.1 Å². The van der Waals surface area contributed by atoms with E-state index in [0.717, 1.165) is 11.3 Å². The molecular formula is C30H28F2N2O2. The number of hydrogen-bond acceptors (Lipinski definition) is 4. The highest BCUT2D eigenvalue weighted by atomic mass is 19.1. The number of nitrogens with zero attached hydrogens (tertiary/aromatic N) is 2. The van der Waals surface area contributed by atoms with Crippen molar-refractivity contribution in [2.45, 2.75) is 38.0 Å². The number of piperidine rings is 1. The number of rotatable bonds is 5. The van der Waals surface area contributed by atoms with Gasteiger partial charge in [0.2, 0.25) is 0 Å². The molecule has 4 aromatic rings. The highest BCUT2D eigenvalue weighted by Crippen LogP contribution is 2.42. The molecule has 0 aliphatic carbocycles. The van der Waals surface area contributed by atoms with Crippen molar-refractivity contribution in [2.24, 2.45) is 0 Å². The number of carbonyl (C=O) groups is 1. The zero-order valence-electron chi connectivity index (χ0n) is 20.3. The van der Waals surface area contributed by atoms with Crippen LogP contribution in [0.5, 0.6) is 0 Å². The Morgan fingerprint density at radius 2 is 1.69 bits per heavy atom. The van der Waals surface area contributed by atoms with Crippen molar-refractivity contribution in [3.63, 3.8) is 0 Å². The van der Waals surface area contributed by atoms with Gasteiger partial charge in [0.05, 0.1) is 11.1 Å². The summed E-state index contributed by atoms with van der Waals surface area (Å²) in [6.45, 7) is 4.20. The van der Waals surface area contributed by atoms with Crippen molar-refractivity contribution in [1.29, 1.82) is 0 Å². The molecule has 36 heavy (non-hydrogen) atoms. The molecule has 4 nitrogen and oxygen atoms in total. The molecule has 1 saturated heterocycles. The quantitative estimate of drug-likeness (QED) is 0.340. The summed E-state index contributed by atoms with van der Waals surface area (Å²) < 4.78 is 29.3. The van der Waals surface area contributed by atoms with Crippen LogP contribution in [0.3, 0.4) is 0 Å². The molecule has 1 unspecified atom stereocenters. The molecule has 5 rings (SSSR count). The molecule has 184 valence electrons. The fraction of sp³-hybridized carbons (Fsp3) is 0.267. The molecule has 1 atom stereocenters. The van der Waals surface area contributed by atoms with E-state index in [1.165, 1.54) is 19.1 Å². The van der Waals surface area contributed by atoms with Crippen LogP contribution < -0.4 is 4.90 Å². The van der Waals surface area contributed by atoms with Crippen molar-refractivity contribution in [3.8, 4) is 11.1 Å². The van der Waals surface area contributed by atoms with Gasteiger partial charge in [-0.3, -0.25) is 9.78 Å². The van der Waals surface area contributed by atoms with Gasteiger partial charge < -0.3 is 10.0 Å². The van der Waals surface area contributed by atoms with Crippen LogP contribution in [0, 0.1) is 12.7 Å². The van der Waals surface area contributed by atoms with Gasteiger partial charge in [-0.1, -0.05) is 42.5 Å². The summed E-state index contributed by atoms with van der Waals surface area (Å²) in [5.41, 5.74) is 1.12. The molecular weight excluding hydrogens is 458 g/mol. The largest absolute Gasteiger partial charge is 0.385 e. The number of halogens is 2. The minimum absolute atomic E-state index is 0.186. The van der Waals surface area contributed by atoms with Crippen LogP contribution in [-0.4, -0.2) is 29.5 Å². The lowest BCUT2D eigenvalue weighted by Crippen LogP contribution is -2.42. The number of benzene rings is 3. The summed E-state index contributed by atoms with van der Waals surface area (Å²) in [4.78, 5) is 18.6. The maximum Gasteiger partial charge on any atom is 0.190 e. The van der Waals surface area contributed by atoms with Crippen molar-refractivity contribution in [1.82, 2.24) is 4.98 Å². The zero-order chi connectivity index (χ0) is 25.5. The molecule has 1 fully saturated rings. The Morgan fingerprint density at radius 3 is 2.33 bits per heavy atom. The molecule has 1 aromatic heterocycles. The summed E-state index contributed by atoms with van der Waals surface area (Å²) in [6, 6.07) is 21.4. The molecule has 1 N–H and O–H groups in total. The smallest absolute Gasteiger partial charge is 0.190 e. The monoisotopic (exact) mass is 486 g/mol. The Kier molecular flexibility index (Phi) is 6.08. The number of fused-ring (bicyclic) bond motifs is 1. The second-order valence-corrected chi connectivity index (χ2v) is 9.73. The molecule has 2 heterocycles. The number of carbonyl (C=O) groups excluding carboxylic acids is 1. The molecule has 1 aliphatic heterocycles. The molecule has 0 bridgehead atoms. The normalized spacial score (nSPS) is 17.1. The van der Waals surface area contributed by atoms with Crippen molar-refractivity contribution in [2.75, 3.05) is 18.0 Å². The highest BCUT2D eigenvalue weighted by molar-refractivity contribution is 6.00. The van der Waals surface area contributed by atoms with Crippen molar-refractivity contribution in [3.05, 3.63) is 95.4 Å². The Bertz CT molecular complexity index is 1410. The van der Waals surface area contributed by atoms with Crippen molar-refractivity contribution < 1.29 is 18.7 Å². The third kappa shape index (κ3) is 4.26. The third-order valence-electron chi connectivity index (χ3n) is 7.26. The Balaban J connectivity index is 1.59. The van der Waals surface area contributed by atoms with Crippen LogP contribution in [0.4, 0.5) is 14.5 Å². The van der Waals surface area contributed by atoms with Gasteiger partial charge in [0.15, 0.2) is 12.0 Å². The minimum Gasteiger partial charge on any atom is -0.385 e.